The molecule has 21 heavy (non-hydrogen) atoms. The van der Waals surface area contributed by atoms with Crippen LogP contribution in [0.25, 0.3) is 0 Å². The van der Waals surface area contributed by atoms with Gasteiger partial charge in [0.25, 0.3) is 0 Å². The Kier molecular flexibility index (Phi) is 12.2. The lowest BCUT2D eigenvalue weighted by Crippen LogP contribution is -2.31. The van der Waals surface area contributed by atoms with Crippen LogP contribution in [0, 0.1) is 0 Å². The van der Waals surface area contributed by atoms with Crippen LogP contribution in [0.2, 0.25) is 0 Å². The maximum absolute atomic E-state index is 13.6. The summed E-state index contributed by atoms with van der Waals surface area (Å²) in [6.45, 7) is 3.68. The number of alkyl halides is 2. The first-order valence-electron chi connectivity index (χ1n) is 7.88. The molecular formula is C16H27F2IO2. The Bertz CT molecular complexity index is 317. The molecule has 0 heterocycles. The molecule has 0 aliphatic carbocycles. The molecule has 0 fully saturated rings. The van der Waals surface area contributed by atoms with Gasteiger partial charge in [-0.3, -0.25) is 0 Å². The molecule has 0 unspecified atom stereocenters. The predicted molar refractivity (Wildman–Crippen MR) is 90.9 cm³/mol. The third kappa shape index (κ3) is 9.42. The second kappa shape index (κ2) is 12.4. The fourth-order valence-corrected chi connectivity index (χ4v) is 2.49. The van der Waals surface area contributed by atoms with E-state index >= 15 is 0 Å². The maximum Gasteiger partial charge on any atom is 0.382 e. The van der Waals surface area contributed by atoms with Crippen LogP contribution in [0.4, 0.5) is 8.78 Å². The molecule has 0 amide bonds. The van der Waals surface area contributed by atoms with Gasteiger partial charge in [0.15, 0.2) is 0 Å². The molecule has 0 N–H and O–H groups in total. The fourth-order valence-electron chi connectivity index (χ4n) is 1.95. The highest BCUT2D eigenvalue weighted by atomic mass is 127. The van der Waals surface area contributed by atoms with E-state index in [9.17, 15) is 13.6 Å². The molecule has 0 aliphatic heterocycles. The Balaban J connectivity index is 3.84. The van der Waals surface area contributed by atoms with E-state index in [2.05, 4.69) is 11.7 Å². The molecule has 0 aromatic rings. The molecule has 0 atom stereocenters. The van der Waals surface area contributed by atoms with Crippen molar-refractivity contribution in [3.05, 3.63) is 9.66 Å². The van der Waals surface area contributed by atoms with Crippen LogP contribution in [0.15, 0.2) is 9.66 Å². The number of unbranched alkanes of at least 4 members (excludes halogenated alkanes) is 8. The van der Waals surface area contributed by atoms with E-state index in [1.165, 1.54) is 67.7 Å². The van der Waals surface area contributed by atoms with Crippen LogP contribution in [0.1, 0.15) is 71.6 Å². The van der Waals surface area contributed by atoms with E-state index in [0.717, 1.165) is 19.3 Å². The summed E-state index contributed by atoms with van der Waals surface area (Å²) < 4.78 is 31.3. The third-order valence-electron chi connectivity index (χ3n) is 3.21. The van der Waals surface area contributed by atoms with Crippen molar-refractivity contribution in [3.8, 4) is 0 Å². The summed E-state index contributed by atoms with van der Waals surface area (Å²) in [7, 11) is 0. The zero-order valence-electron chi connectivity index (χ0n) is 13.1. The van der Waals surface area contributed by atoms with Gasteiger partial charge in [-0.15, -0.1) is 0 Å². The molecule has 0 aromatic heterocycles. The number of hydrogen-bond donors (Lipinski definition) is 0. The summed E-state index contributed by atoms with van der Waals surface area (Å²) in [5, 5.41) is 0. The summed E-state index contributed by atoms with van der Waals surface area (Å²) in [5.41, 5.74) is 0. The van der Waals surface area contributed by atoms with Crippen molar-refractivity contribution in [3.63, 3.8) is 0 Å². The lowest BCUT2D eigenvalue weighted by atomic mass is 10.1. The first-order chi connectivity index (χ1) is 9.96. The number of halogens is 3. The minimum Gasteiger partial charge on any atom is -0.461 e. The molecule has 0 radical (unpaired) electrons. The highest BCUT2D eigenvalue weighted by Crippen LogP contribution is 2.31. The molecule has 0 spiro atoms. The molecule has 0 aromatic carbocycles. The first-order valence-corrected chi connectivity index (χ1v) is 8.95. The number of carbonyl (C=O) groups is 1. The van der Waals surface area contributed by atoms with Crippen LogP contribution in [0.5, 0.6) is 0 Å². The number of hydrogen-bond acceptors (Lipinski definition) is 2. The smallest absolute Gasteiger partial charge is 0.382 e. The van der Waals surface area contributed by atoms with E-state index < -0.39 is 11.9 Å². The monoisotopic (exact) mass is 416 g/mol. The van der Waals surface area contributed by atoms with Crippen LogP contribution in [-0.4, -0.2) is 18.5 Å². The summed E-state index contributed by atoms with van der Waals surface area (Å²) in [6.07, 6.45) is 11.5. The Labute approximate surface area is 140 Å². The quantitative estimate of drug-likeness (QED) is 0.221. The van der Waals surface area contributed by atoms with Gasteiger partial charge in [-0.05, 0) is 42.4 Å². The minimum atomic E-state index is -3.50. The van der Waals surface area contributed by atoms with Crippen molar-refractivity contribution in [2.75, 3.05) is 6.61 Å². The summed E-state index contributed by atoms with van der Waals surface area (Å²) in [4.78, 5) is 11.1. The van der Waals surface area contributed by atoms with Crippen LogP contribution in [-0.2, 0) is 9.53 Å². The Hall–Kier alpha value is -0.200. The van der Waals surface area contributed by atoms with Crippen molar-refractivity contribution in [1.29, 1.82) is 0 Å². The van der Waals surface area contributed by atoms with Gasteiger partial charge in [-0.25, -0.2) is 4.79 Å². The third-order valence-corrected chi connectivity index (χ3v) is 4.33. The topological polar surface area (TPSA) is 26.3 Å². The summed E-state index contributed by atoms with van der Waals surface area (Å²) >= 11 is 1.53. The average molecular weight is 416 g/mol. The normalized spacial score (nSPS) is 12.5. The highest BCUT2D eigenvalue weighted by molar-refractivity contribution is 14.1. The van der Waals surface area contributed by atoms with Gasteiger partial charge in [-0.1, -0.05) is 57.9 Å². The Morgan fingerprint density at radius 3 is 2.10 bits per heavy atom. The van der Waals surface area contributed by atoms with Crippen molar-refractivity contribution >= 4 is 28.6 Å². The lowest BCUT2D eigenvalue weighted by molar-refractivity contribution is -0.164. The van der Waals surface area contributed by atoms with Gasteiger partial charge in [0.1, 0.15) is 0 Å². The molecule has 0 saturated heterocycles. The van der Waals surface area contributed by atoms with Gasteiger partial charge < -0.3 is 4.74 Å². The van der Waals surface area contributed by atoms with E-state index in [4.69, 9.17) is 0 Å². The molecular weight excluding hydrogens is 389 g/mol. The number of allylic oxidation sites excluding steroid dienone is 1. The highest BCUT2D eigenvalue weighted by Gasteiger charge is 2.43. The van der Waals surface area contributed by atoms with Gasteiger partial charge >= 0.3 is 11.9 Å². The number of carbonyl (C=O) groups excluding carboxylic acids is 1. The van der Waals surface area contributed by atoms with Crippen molar-refractivity contribution in [2.45, 2.75) is 77.6 Å². The van der Waals surface area contributed by atoms with Crippen LogP contribution in [0.3, 0.4) is 0 Å². The van der Waals surface area contributed by atoms with Crippen LogP contribution >= 0.6 is 22.6 Å². The predicted octanol–water partition coefficient (Wildman–Crippen LogP) is 6.03. The first kappa shape index (κ1) is 20.8. The molecule has 5 heteroatoms. The number of esters is 1. The van der Waals surface area contributed by atoms with Gasteiger partial charge in [0.2, 0.25) is 0 Å². The lowest BCUT2D eigenvalue weighted by Gasteiger charge is -2.13. The summed E-state index contributed by atoms with van der Waals surface area (Å²) in [6, 6.07) is 0. The molecule has 2 nitrogen and oxygen atoms in total. The maximum atomic E-state index is 13.6. The molecule has 0 rings (SSSR count). The van der Waals surface area contributed by atoms with Crippen LogP contribution < -0.4 is 0 Å². The zero-order chi connectivity index (χ0) is 16.1. The number of ether oxygens (including phenoxy) is 1. The Morgan fingerprint density at radius 2 is 1.57 bits per heavy atom. The Morgan fingerprint density at radius 1 is 1.05 bits per heavy atom. The van der Waals surface area contributed by atoms with E-state index in [1.807, 2.05) is 0 Å². The molecule has 0 bridgehead atoms. The van der Waals surface area contributed by atoms with Gasteiger partial charge in [0.05, 0.1) is 10.2 Å². The number of rotatable bonds is 12. The fraction of sp³-hybridized carbons (Fsp3) is 0.812. The second-order valence-electron chi connectivity index (χ2n) is 5.11. The van der Waals surface area contributed by atoms with Gasteiger partial charge in [-0.2, -0.15) is 8.78 Å². The standard InChI is InChI=1S/C16H27F2IO2/c1-3-5-6-7-8-9-10-11-12-13-14(19)16(17,18)15(20)21-4-2/h13H,3-12H2,1-2H3. The van der Waals surface area contributed by atoms with E-state index in [1.54, 1.807) is 0 Å². The second-order valence-corrected chi connectivity index (χ2v) is 6.27. The molecule has 0 saturated carbocycles. The minimum absolute atomic E-state index is 0.0314. The van der Waals surface area contributed by atoms with Crippen molar-refractivity contribution in [1.82, 2.24) is 0 Å². The van der Waals surface area contributed by atoms with E-state index in [0.29, 0.717) is 6.42 Å². The van der Waals surface area contributed by atoms with Crippen molar-refractivity contribution < 1.29 is 18.3 Å². The summed E-state index contributed by atoms with van der Waals surface area (Å²) in [5.74, 6) is -4.96. The SMILES string of the molecule is CCCCCCCCCCC=C(I)C(F)(F)C(=O)OCC. The average Bonchev–Trinajstić information content (AvgIpc) is 2.45. The van der Waals surface area contributed by atoms with Gasteiger partial charge in [0, 0.05) is 0 Å². The van der Waals surface area contributed by atoms with E-state index in [-0.39, 0.29) is 10.2 Å². The van der Waals surface area contributed by atoms with Crippen molar-refractivity contribution in [2.24, 2.45) is 0 Å². The zero-order valence-corrected chi connectivity index (χ0v) is 15.3. The largest absolute Gasteiger partial charge is 0.461 e. The molecule has 0 aliphatic rings. The molecule has 124 valence electrons.